The summed E-state index contributed by atoms with van der Waals surface area (Å²) in [5.74, 6) is -0.486. The van der Waals surface area contributed by atoms with Gasteiger partial charge in [0.2, 0.25) is 0 Å². The van der Waals surface area contributed by atoms with Gasteiger partial charge in [-0.15, -0.1) is 0 Å². The molecule has 0 bridgehead atoms. The third kappa shape index (κ3) is 2.39. The van der Waals surface area contributed by atoms with Crippen molar-refractivity contribution in [3.05, 3.63) is 119 Å². The minimum atomic E-state index is -0.249. The van der Waals surface area contributed by atoms with Crippen LogP contribution < -0.4 is 4.90 Å². The molecular formula is C31H21N3O2. The first-order valence-electron chi connectivity index (χ1n) is 12.3. The molecule has 0 spiro atoms. The van der Waals surface area contributed by atoms with Gasteiger partial charge in [0.25, 0.3) is 11.8 Å². The fraction of sp³-hybridized carbons (Fsp3) is 0.0968. The summed E-state index contributed by atoms with van der Waals surface area (Å²) in [5.41, 5.74) is 7.17. The maximum absolute atomic E-state index is 14.2. The Hall–Kier alpha value is -4.64. The summed E-state index contributed by atoms with van der Waals surface area (Å²) in [7, 11) is 0. The van der Waals surface area contributed by atoms with E-state index in [2.05, 4.69) is 45.9 Å². The molecule has 0 saturated carbocycles. The van der Waals surface area contributed by atoms with E-state index in [9.17, 15) is 9.59 Å². The van der Waals surface area contributed by atoms with Crippen LogP contribution in [0.3, 0.4) is 0 Å². The van der Waals surface area contributed by atoms with E-state index < -0.39 is 0 Å². The molecule has 172 valence electrons. The van der Waals surface area contributed by atoms with Crippen molar-refractivity contribution in [3.8, 4) is 0 Å². The molecule has 1 aromatic heterocycles. The van der Waals surface area contributed by atoms with Gasteiger partial charge in [-0.2, -0.15) is 0 Å². The fourth-order valence-electron chi connectivity index (χ4n) is 6.34. The van der Waals surface area contributed by atoms with Gasteiger partial charge in [0, 0.05) is 16.5 Å². The number of carbonyl (C=O) groups excluding carboxylic acids is 2. The number of imide groups is 1. The molecule has 4 aromatic carbocycles. The average molecular weight is 468 g/mol. The van der Waals surface area contributed by atoms with Gasteiger partial charge in [-0.25, -0.2) is 0 Å². The fourth-order valence-corrected chi connectivity index (χ4v) is 6.34. The van der Waals surface area contributed by atoms with Crippen LogP contribution in [0, 0.1) is 0 Å². The SMILES string of the molecule is O=C1C2=C(C(=O)N1Cc1ccccc1)n1c3ccccc3c3cccc(c31)C1Cc3ccccc3N21. The molecule has 5 aromatic rings. The highest BCUT2D eigenvalue weighted by Crippen LogP contribution is 2.51. The lowest BCUT2D eigenvalue weighted by molar-refractivity contribution is -0.137. The maximum Gasteiger partial charge on any atom is 0.280 e. The van der Waals surface area contributed by atoms with Crippen molar-refractivity contribution >= 4 is 45.0 Å². The summed E-state index contributed by atoms with van der Waals surface area (Å²) in [6.07, 6.45) is 0.785. The van der Waals surface area contributed by atoms with Crippen LogP contribution in [0.15, 0.2) is 103 Å². The number of rotatable bonds is 2. The van der Waals surface area contributed by atoms with E-state index in [1.54, 1.807) is 0 Å². The molecule has 1 unspecified atom stereocenters. The lowest BCUT2D eigenvalue weighted by Gasteiger charge is -2.28. The van der Waals surface area contributed by atoms with Crippen molar-refractivity contribution < 1.29 is 9.59 Å². The third-order valence-corrected chi connectivity index (χ3v) is 7.83. The number of hydrogen-bond acceptors (Lipinski definition) is 3. The second-order valence-electron chi connectivity index (χ2n) is 9.69. The molecule has 3 aliphatic heterocycles. The lowest BCUT2D eigenvalue weighted by Crippen LogP contribution is -2.35. The highest BCUT2D eigenvalue weighted by atomic mass is 16.2. The van der Waals surface area contributed by atoms with Crippen LogP contribution in [0.4, 0.5) is 5.69 Å². The first-order chi connectivity index (χ1) is 17.7. The molecule has 5 heteroatoms. The smallest absolute Gasteiger partial charge is 0.280 e. The van der Waals surface area contributed by atoms with E-state index in [1.165, 1.54) is 10.5 Å². The zero-order valence-electron chi connectivity index (χ0n) is 19.4. The van der Waals surface area contributed by atoms with E-state index in [4.69, 9.17) is 0 Å². The predicted molar refractivity (Wildman–Crippen MR) is 140 cm³/mol. The summed E-state index contributed by atoms with van der Waals surface area (Å²) in [6, 6.07) is 32.4. The first-order valence-corrected chi connectivity index (χ1v) is 12.3. The molecule has 0 saturated heterocycles. The Morgan fingerprint density at radius 3 is 2.31 bits per heavy atom. The highest BCUT2D eigenvalue weighted by molar-refractivity contribution is 6.35. The number of amides is 2. The molecule has 0 aliphatic carbocycles. The van der Waals surface area contributed by atoms with E-state index in [0.717, 1.165) is 45.0 Å². The van der Waals surface area contributed by atoms with E-state index >= 15 is 0 Å². The minimum absolute atomic E-state index is 0.0601. The van der Waals surface area contributed by atoms with Gasteiger partial charge in [0.05, 0.1) is 23.6 Å². The second kappa shape index (κ2) is 6.95. The van der Waals surface area contributed by atoms with Crippen LogP contribution in [0.5, 0.6) is 0 Å². The number of carbonyl (C=O) groups is 2. The molecule has 0 fully saturated rings. The minimum Gasteiger partial charge on any atom is -0.327 e. The Balaban J connectivity index is 1.46. The van der Waals surface area contributed by atoms with Crippen LogP contribution in [-0.2, 0) is 22.6 Å². The molecule has 36 heavy (non-hydrogen) atoms. The zero-order valence-corrected chi connectivity index (χ0v) is 19.4. The molecular weight excluding hydrogens is 446 g/mol. The molecule has 3 aliphatic rings. The molecule has 0 radical (unpaired) electrons. The second-order valence-corrected chi connectivity index (χ2v) is 9.69. The van der Waals surface area contributed by atoms with Crippen LogP contribution >= 0.6 is 0 Å². The monoisotopic (exact) mass is 467 g/mol. The Kier molecular flexibility index (Phi) is 3.79. The molecule has 2 amide bonds. The van der Waals surface area contributed by atoms with Gasteiger partial charge >= 0.3 is 0 Å². The Labute approximate surface area is 207 Å². The molecule has 1 atom stereocenters. The van der Waals surface area contributed by atoms with Gasteiger partial charge in [-0.3, -0.25) is 14.5 Å². The van der Waals surface area contributed by atoms with Gasteiger partial charge in [0.15, 0.2) is 0 Å². The van der Waals surface area contributed by atoms with Crippen LogP contribution in [0.2, 0.25) is 0 Å². The molecule has 8 rings (SSSR count). The van der Waals surface area contributed by atoms with Crippen molar-refractivity contribution in [1.82, 2.24) is 9.47 Å². The van der Waals surface area contributed by atoms with Gasteiger partial charge in [0.1, 0.15) is 11.4 Å². The quantitative estimate of drug-likeness (QED) is 0.315. The number of benzene rings is 4. The van der Waals surface area contributed by atoms with E-state index in [1.807, 2.05) is 60.7 Å². The number of para-hydroxylation sites is 3. The Morgan fingerprint density at radius 2 is 1.42 bits per heavy atom. The number of anilines is 1. The van der Waals surface area contributed by atoms with Gasteiger partial charge in [-0.05, 0) is 35.2 Å². The largest absolute Gasteiger partial charge is 0.327 e. The van der Waals surface area contributed by atoms with Gasteiger partial charge in [-0.1, -0.05) is 84.9 Å². The highest BCUT2D eigenvalue weighted by Gasteiger charge is 2.49. The van der Waals surface area contributed by atoms with Crippen LogP contribution in [0.1, 0.15) is 22.7 Å². The molecule has 5 nitrogen and oxygen atoms in total. The third-order valence-electron chi connectivity index (χ3n) is 7.83. The summed E-state index contributed by atoms with van der Waals surface area (Å²) >= 11 is 0. The van der Waals surface area contributed by atoms with Crippen molar-refractivity contribution in [1.29, 1.82) is 0 Å². The number of aromatic nitrogens is 1. The number of fused-ring (bicyclic) bond motifs is 9. The standard InChI is InChI=1S/C31H21N3O2/c35-30-28-29(31(36)32(30)18-19-9-2-1-3-10-19)34-25-16-7-5-12-21(25)22-13-8-14-23(27(22)34)26-17-20-11-4-6-15-24(20)33(26)28/h1-16,26H,17-18H2. The lowest BCUT2D eigenvalue weighted by atomic mass is 9.99. The summed E-state index contributed by atoms with van der Waals surface area (Å²) in [6.45, 7) is 0.246. The summed E-state index contributed by atoms with van der Waals surface area (Å²) in [4.78, 5) is 31.9. The van der Waals surface area contributed by atoms with E-state index in [-0.39, 0.29) is 24.4 Å². The summed E-state index contributed by atoms with van der Waals surface area (Å²) in [5, 5.41) is 2.20. The van der Waals surface area contributed by atoms with Crippen molar-refractivity contribution in [2.24, 2.45) is 0 Å². The maximum atomic E-state index is 14.2. The Morgan fingerprint density at radius 1 is 0.694 bits per heavy atom. The van der Waals surface area contributed by atoms with E-state index in [0.29, 0.717) is 11.4 Å². The number of nitrogens with zero attached hydrogens (tertiary/aromatic N) is 3. The first kappa shape index (κ1) is 19.6. The number of hydrogen-bond donors (Lipinski definition) is 0. The van der Waals surface area contributed by atoms with Crippen LogP contribution in [0.25, 0.3) is 27.5 Å². The van der Waals surface area contributed by atoms with Gasteiger partial charge < -0.3 is 9.47 Å². The Bertz CT molecular complexity index is 1800. The summed E-state index contributed by atoms with van der Waals surface area (Å²) < 4.78 is 2.06. The average Bonchev–Trinajstić information content (AvgIpc) is 3.50. The molecule has 0 N–H and O–H groups in total. The van der Waals surface area contributed by atoms with Crippen molar-refractivity contribution in [2.75, 3.05) is 4.90 Å². The van der Waals surface area contributed by atoms with Crippen molar-refractivity contribution in [2.45, 2.75) is 19.0 Å². The van der Waals surface area contributed by atoms with Crippen molar-refractivity contribution in [3.63, 3.8) is 0 Å². The normalized spacial score (nSPS) is 18.2. The zero-order chi connectivity index (χ0) is 24.0. The molecule has 4 heterocycles. The van der Waals surface area contributed by atoms with Crippen LogP contribution in [-0.4, -0.2) is 21.3 Å². The predicted octanol–water partition coefficient (Wildman–Crippen LogP) is 5.65. The topological polar surface area (TPSA) is 45.6 Å².